The molecule has 0 saturated carbocycles. The zero-order valence-corrected chi connectivity index (χ0v) is 24.1. The molecule has 0 N–H and O–H groups in total. The molecule has 0 spiro atoms. The Morgan fingerprint density at radius 1 is 0.462 bits per heavy atom. The zero-order valence-electron chi connectivity index (χ0n) is 24.1. The van der Waals surface area contributed by atoms with Gasteiger partial charge in [-0.2, -0.15) is 0 Å². The number of hydrogen-bond donors (Lipinski definition) is 0. The molecule has 1 nitrogen and oxygen atoms in total. The molecule has 0 aromatic heterocycles. The predicted molar refractivity (Wildman–Crippen MR) is 166 cm³/mol. The third-order valence-corrected chi connectivity index (χ3v) is 7.91. The maximum Gasteiger partial charge on any atom is 0.135 e. The normalized spacial score (nSPS) is 11.0. The second kappa shape index (κ2) is 11.3. The molecule has 0 aliphatic heterocycles. The molecule has 0 radical (unpaired) electrons. The van der Waals surface area contributed by atoms with Crippen LogP contribution in [0.4, 0.5) is 0 Å². The summed E-state index contributed by atoms with van der Waals surface area (Å²) in [5.74, 6) is 1.74. The number of rotatable bonds is 7. The van der Waals surface area contributed by atoms with Crippen molar-refractivity contribution in [1.82, 2.24) is 0 Å². The molecule has 0 amide bonds. The van der Waals surface area contributed by atoms with Gasteiger partial charge in [-0.3, -0.25) is 0 Å². The first-order valence-electron chi connectivity index (χ1n) is 13.9. The Labute approximate surface area is 234 Å². The highest BCUT2D eigenvalue weighted by molar-refractivity contribution is 5.81. The summed E-state index contributed by atoms with van der Waals surface area (Å²) in [5.41, 5.74) is 15.3. The lowest BCUT2D eigenvalue weighted by Gasteiger charge is -2.18. The molecule has 1 heteroatoms. The second-order valence-electron chi connectivity index (χ2n) is 11.0. The molecule has 39 heavy (non-hydrogen) atoms. The van der Waals surface area contributed by atoms with Gasteiger partial charge in [0.1, 0.15) is 11.5 Å². The Hall–Kier alpha value is -4.10. The first-order chi connectivity index (χ1) is 18.8. The van der Waals surface area contributed by atoms with Gasteiger partial charge in [0, 0.05) is 5.56 Å². The van der Waals surface area contributed by atoms with Gasteiger partial charge in [0.25, 0.3) is 0 Å². The van der Waals surface area contributed by atoms with E-state index in [0.717, 1.165) is 29.9 Å². The zero-order chi connectivity index (χ0) is 27.5. The minimum absolute atomic E-state index is 0.856. The minimum Gasteiger partial charge on any atom is -0.457 e. The maximum absolute atomic E-state index is 6.53. The Morgan fingerprint density at radius 2 is 1.08 bits per heavy atom. The summed E-state index contributed by atoms with van der Waals surface area (Å²) >= 11 is 0. The van der Waals surface area contributed by atoms with Crippen molar-refractivity contribution in [1.29, 1.82) is 0 Å². The van der Waals surface area contributed by atoms with Crippen LogP contribution in [0.3, 0.4) is 0 Å². The second-order valence-corrected chi connectivity index (χ2v) is 11.0. The van der Waals surface area contributed by atoms with Crippen LogP contribution in [0.15, 0.2) is 97.1 Å². The summed E-state index contributed by atoms with van der Waals surface area (Å²) < 4.78 is 6.53. The number of aryl methyl sites for hydroxylation is 7. The van der Waals surface area contributed by atoms with Crippen molar-refractivity contribution in [3.8, 4) is 33.8 Å². The van der Waals surface area contributed by atoms with Crippen molar-refractivity contribution in [2.45, 2.75) is 54.4 Å². The van der Waals surface area contributed by atoms with E-state index in [1.54, 1.807) is 0 Å². The van der Waals surface area contributed by atoms with Gasteiger partial charge in [-0.05, 0) is 135 Å². The average molecular weight is 511 g/mol. The van der Waals surface area contributed by atoms with E-state index in [4.69, 9.17) is 4.74 Å². The van der Waals surface area contributed by atoms with E-state index >= 15 is 0 Å². The Kier molecular flexibility index (Phi) is 7.70. The largest absolute Gasteiger partial charge is 0.457 e. The lowest BCUT2D eigenvalue weighted by Crippen LogP contribution is -1.97. The summed E-state index contributed by atoms with van der Waals surface area (Å²) in [7, 11) is 0. The Morgan fingerprint density at radius 3 is 1.77 bits per heavy atom. The van der Waals surface area contributed by atoms with Crippen molar-refractivity contribution in [3.05, 3.63) is 142 Å². The van der Waals surface area contributed by atoms with Crippen LogP contribution >= 0.6 is 0 Å². The van der Waals surface area contributed by atoms with Gasteiger partial charge in [0.15, 0.2) is 0 Å². The monoisotopic (exact) mass is 510 g/mol. The Balaban J connectivity index is 1.58. The fourth-order valence-corrected chi connectivity index (χ4v) is 5.04. The molecule has 0 saturated heterocycles. The van der Waals surface area contributed by atoms with E-state index in [1.165, 1.54) is 61.2 Å². The van der Waals surface area contributed by atoms with Crippen molar-refractivity contribution in [2.75, 3.05) is 0 Å². The van der Waals surface area contributed by atoms with Crippen molar-refractivity contribution >= 4 is 0 Å². The molecule has 5 aromatic carbocycles. The highest BCUT2D eigenvalue weighted by Crippen LogP contribution is 2.39. The number of ether oxygens (including phenoxy) is 1. The van der Waals surface area contributed by atoms with Gasteiger partial charge in [-0.25, -0.2) is 0 Å². The van der Waals surface area contributed by atoms with Gasteiger partial charge in [-0.1, -0.05) is 77.9 Å². The summed E-state index contributed by atoms with van der Waals surface area (Å²) in [6, 6.07) is 35.3. The lowest BCUT2D eigenvalue weighted by atomic mass is 9.89. The van der Waals surface area contributed by atoms with E-state index < -0.39 is 0 Å². The quantitative estimate of drug-likeness (QED) is 0.212. The molecule has 0 bridgehead atoms. The summed E-state index contributed by atoms with van der Waals surface area (Å²) in [6.07, 6.45) is 1.99. The molecule has 0 aliphatic rings. The number of hydrogen-bond acceptors (Lipinski definition) is 1. The SMILES string of the molecule is Cc1ccc(CCc2ccc(Oc3ccc(C)cc3)c(-c3cc(-c4ccc(C)c(C)c4)cc(C)c3C)c2)cc1. The molecule has 0 unspecified atom stereocenters. The van der Waals surface area contributed by atoms with Crippen molar-refractivity contribution < 1.29 is 4.74 Å². The highest BCUT2D eigenvalue weighted by atomic mass is 16.5. The maximum atomic E-state index is 6.53. The van der Waals surface area contributed by atoms with Crippen LogP contribution in [0.2, 0.25) is 0 Å². The first-order valence-corrected chi connectivity index (χ1v) is 13.9. The highest BCUT2D eigenvalue weighted by Gasteiger charge is 2.15. The molecule has 0 heterocycles. The topological polar surface area (TPSA) is 9.23 Å². The summed E-state index contributed by atoms with van der Waals surface area (Å²) in [4.78, 5) is 0. The van der Waals surface area contributed by atoms with Crippen molar-refractivity contribution in [3.63, 3.8) is 0 Å². The molecule has 0 fully saturated rings. The van der Waals surface area contributed by atoms with E-state index in [1.807, 2.05) is 12.1 Å². The summed E-state index contributed by atoms with van der Waals surface area (Å²) in [6.45, 7) is 13.0. The Bertz CT molecular complexity index is 1610. The number of benzene rings is 5. The fraction of sp³-hybridized carbons (Fsp3) is 0.211. The van der Waals surface area contributed by atoms with Gasteiger partial charge in [0.05, 0.1) is 0 Å². The third-order valence-electron chi connectivity index (χ3n) is 7.91. The van der Waals surface area contributed by atoms with Gasteiger partial charge >= 0.3 is 0 Å². The van der Waals surface area contributed by atoms with E-state index in [9.17, 15) is 0 Å². The van der Waals surface area contributed by atoms with Crippen molar-refractivity contribution in [2.24, 2.45) is 0 Å². The molecule has 5 rings (SSSR count). The van der Waals surface area contributed by atoms with Crippen LogP contribution in [0.25, 0.3) is 22.3 Å². The van der Waals surface area contributed by atoms with Gasteiger partial charge in [-0.15, -0.1) is 0 Å². The molecular weight excluding hydrogens is 472 g/mol. The van der Waals surface area contributed by atoms with E-state index in [0.29, 0.717) is 0 Å². The first kappa shape index (κ1) is 26.5. The van der Waals surface area contributed by atoms with E-state index in [-0.39, 0.29) is 0 Å². The van der Waals surface area contributed by atoms with Crippen LogP contribution in [0, 0.1) is 41.5 Å². The van der Waals surface area contributed by atoms with Crippen LogP contribution in [-0.4, -0.2) is 0 Å². The molecule has 5 aromatic rings. The van der Waals surface area contributed by atoms with Crippen LogP contribution in [0.1, 0.15) is 44.5 Å². The van der Waals surface area contributed by atoms with Crippen LogP contribution < -0.4 is 4.74 Å². The minimum atomic E-state index is 0.856. The molecule has 0 aliphatic carbocycles. The molecular formula is C38H38O. The molecule has 196 valence electrons. The molecule has 0 atom stereocenters. The third kappa shape index (κ3) is 6.15. The lowest BCUT2D eigenvalue weighted by molar-refractivity contribution is 0.484. The standard InChI is InChI=1S/C38H38O/c1-25-7-12-31(13-8-25)14-15-32-16-20-38(39-35-18-9-26(2)10-19-35)37(23-32)36-24-34(22-29(5)30(36)6)33-17-11-27(3)28(4)21-33/h7-13,16-24H,14-15H2,1-6H3. The average Bonchev–Trinajstić information content (AvgIpc) is 2.93. The van der Waals surface area contributed by atoms with Crippen LogP contribution in [-0.2, 0) is 12.8 Å². The van der Waals surface area contributed by atoms with Gasteiger partial charge < -0.3 is 4.74 Å². The predicted octanol–water partition coefficient (Wildman–Crippen LogP) is 10.4. The van der Waals surface area contributed by atoms with Crippen LogP contribution in [0.5, 0.6) is 11.5 Å². The van der Waals surface area contributed by atoms with Gasteiger partial charge in [0.2, 0.25) is 0 Å². The summed E-state index contributed by atoms with van der Waals surface area (Å²) in [5, 5.41) is 0. The van der Waals surface area contributed by atoms with E-state index in [2.05, 4.69) is 126 Å². The fourth-order valence-electron chi connectivity index (χ4n) is 5.04. The smallest absolute Gasteiger partial charge is 0.135 e.